The van der Waals surface area contributed by atoms with Crippen molar-refractivity contribution in [1.82, 2.24) is 15.4 Å². The zero-order valence-electron chi connectivity index (χ0n) is 15.4. The van der Waals surface area contributed by atoms with Gasteiger partial charge >= 0.3 is 0 Å². The van der Waals surface area contributed by atoms with Crippen LogP contribution in [0, 0.1) is 5.92 Å². The fourth-order valence-electron chi connectivity index (χ4n) is 2.52. The van der Waals surface area contributed by atoms with Crippen LogP contribution in [-0.2, 0) is 14.8 Å². The van der Waals surface area contributed by atoms with Crippen LogP contribution < -0.4 is 15.4 Å². The van der Waals surface area contributed by atoms with Gasteiger partial charge in [-0.2, -0.15) is 0 Å². The lowest BCUT2D eigenvalue weighted by molar-refractivity contribution is -0.122. The van der Waals surface area contributed by atoms with Crippen molar-refractivity contribution in [3.8, 4) is 0 Å². The van der Waals surface area contributed by atoms with E-state index in [1.807, 2.05) is 27.8 Å². The van der Waals surface area contributed by atoms with Gasteiger partial charge in [-0.05, 0) is 38.4 Å². The average Bonchev–Trinajstić information content (AvgIpc) is 2.82. The van der Waals surface area contributed by atoms with E-state index in [0.29, 0.717) is 18.5 Å². The van der Waals surface area contributed by atoms with Crippen molar-refractivity contribution in [2.75, 3.05) is 13.6 Å². The first-order valence-corrected chi connectivity index (χ1v) is 9.88. The predicted octanol–water partition coefficient (Wildman–Crippen LogP) is 1.29. The third kappa shape index (κ3) is 5.43. The molecule has 1 aromatic carbocycles. The highest BCUT2D eigenvalue weighted by atomic mass is 35.5. The summed E-state index contributed by atoms with van der Waals surface area (Å²) in [5, 5.41) is 5.93. The van der Waals surface area contributed by atoms with Crippen molar-refractivity contribution in [2.45, 2.75) is 44.2 Å². The molecule has 1 aliphatic rings. The molecule has 26 heavy (non-hydrogen) atoms. The second-order valence-electron chi connectivity index (χ2n) is 6.66. The SMILES string of the molecule is CNC(C)CNC(=O)C(CC(C)C)N=C1NS(=O)(=O)c2ccccc21.Cl. The molecule has 3 N–H and O–H groups in total. The van der Waals surface area contributed by atoms with E-state index in [9.17, 15) is 13.2 Å². The van der Waals surface area contributed by atoms with Gasteiger partial charge in [0.05, 0.1) is 4.90 Å². The van der Waals surface area contributed by atoms with Gasteiger partial charge in [-0.25, -0.2) is 8.42 Å². The number of carbonyl (C=O) groups is 1. The van der Waals surface area contributed by atoms with Crippen LogP contribution in [0.1, 0.15) is 32.8 Å². The van der Waals surface area contributed by atoms with E-state index in [1.54, 1.807) is 18.2 Å². The van der Waals surface area contributed by atoms with Crippen molar-refractivity contribution < 1.29 is 13.2 Å². The Hall–Kier alpha value is -1.64. The molecule has 0 fully saturated rings. The number of amides is 1. The van der Waals surface area contributed by atoms with Gasteiger partial charge in [0.15, 0.2) is 0 Å². The van der Waals surface area contributed by atoms with Gasteiger partial charge in [0.1, 0.15) is 11.9 Å². The predicted molar refractivity (Wildman–Crippen MR) is 105 cm³/mol. The number of benzene rings is 1. The first kappa shape index (κ1) is 22.4. The minimum atomic E-state index is -3.61. The smallest absolute Gasteiger partial charge is 0.263 e. The summed E-state index contributed by atoms with van der Waals surface area (Å²) in [7, 11) is -1.78. The second kappa shape index (κ2) is 9.34. The van der Waals surface area contributed by atoms with E-state index in [4.69, 9.17) is 0 Å². The molecular weight excluding hydrogens is 376 g/mol. The summed E-state index contributed by atoms with van der Waals surface area (Å²) < 4.78 is 26.8. The maximum absolute atomic E-state index is 12.5. The van der Waals surface area contributed by atoms with Crippen molar-refractivity contribution >= 4 is 34.2 Å². The molecule has 0 radical (unpaired) electrons. The molecule has 1 aromatic rings. The molecular formula is C17H27ClN4O3S. The van der Waals surface area contributed by atoms with Crippen molar-refractivity contribution in [3.63, 3.8) is 0 Å². The number of sulfonamides is 1. The van der Waals surface area contributed by atoms with Crippen molar-refractivity contribution in [2.24, 2.45) is 10.9 Å². The van der Waals surface area contributed by atoms with Gasteiger partial charge in [0.25, 0.3) is 10.0 Å². The normalized spacial score (nSPS) is 18.6. The molecule has 0 aliphatic carbocycles. The zero-order valence-corrected chi connectivity index (χ0v) is 17.1. The molecule has 0 spiro atoms. The highest BCUT2D eigenvalue weighted by Crippen LogP contribution is 2.23. The molecule has 1 heterocycles. The molecule has 0 saturated carbocycles. The highest BCUT2D eigenvalue weighted by Gasteiger charge is 2.32. The van der Waals surface area contributed by atoms with Crippen LogP contribution in [0.2, 0.25) is 0 Å². The number of nitrogens with zero attached hydrogens (tertiary/aromatic N) is 1. The Kier molecular flexibility index (Phi) is 8.05. The quantitative estimate of drug-likeness (QED) is 0.639. The van der Waals surface area contributed by atoms with E-state index in [-0.39, 0.29) is 41.0 Å². The number of fused-ring (bicyclic) bond motifs is 1. The van der Waals surface area contributed by atoms with Gasteiger partial charge in [-0.1, -0.05) is 26.0 Å². The number of carbonyl (C=O) groups excluding carboxylic acids is 1. The van der Waals surface area contributed by atoms with Gasteiger partial charge in [-0.15, -0.1) is 12.4 Å². The van der Waals surface area contributed by atoms with Crippen LogP contribution in [0.25, 0.3) is 0 Å². The van der Waals surface area contributed by atoms with Crippen LogP contribution in [0.5, 0.6) is 0 Å². The summed E-state index contributed by atoms with van der Waals surface area (Å²) in [6.45, 7) is 6.45. The van der Waals surface area contributed by atoms with Crippen molar-refractivity contribution in [1.29, 1.82) is 0 Å². The molecule has 1 amide bonds. The summed E-state index contributed by atoms with van der Waals surface area (Å²) in [5.74, 6) is 0.278. The number of rotatable bonds is 7. The topological polar surface area (TPSA) is 99.7 Å². The molecule has 9 heteroatoms. The first-order valence-electron chi connectivity index (χ1n) is 8.39. The number of aliphatic imine (C=N–C) groups is 1. The molecule has 7 nitrogen and oxygen atoms in total. The Morgan fingerprint density at radius 3 is 2.50 bits per heavy atom. The van der Waals surface area contributed by atoms with Gasteiger partial charge < -0.3 is 10.6 Å². The average molecular weight is 403 g/mol. The Morgan fingerprint density at radius 2 is 1.88 bits per heavy atom. The standard InChI is InChI=1S/C17H26N4O3S.ClH/c1-11(2)9-14(17(22)19-10-12(3)18-4)20-16-13-7-5-6-8-15(13)25(23,24)21-16;/h5-8,11-12,14,18H,9-10H2,1-4H3,(H,19,22)(H,20,21);1H. The van der Waals surface area contributed by atoms with E-state index >= 15 is 0 Å². The Balaban J connectivity index is 0.00000338. The second-order valence-corrected chi connectivity index (χ2v) is 8.31. The maximum atomic E-state index is 12.5. The van der Waals surface area contributed by atoms with Crippen LogP contribution >= 0.6 is 12.4 Å². The van der Waals surface area contributed by atoms with Crippen molar-refractivity contribution in [3.05, 3.63) is 29.8 Å². The summed E-state index contributed by atoms with van der Waals surface area (Å²) >= 11 is 0. The molecule has 0 bridgehead atoms. The molecule has 2 atom stereocenters. The van der Waals surface area contributed by atoms with Crippen LogP contribution in [0.4, 0.5) is 0 Å². The highest BCUT2D eigenvalue weighted by molar-refractivity contribution is 7.90. The number of likely N-dealkylation sites (N-methyl/N-ethyl adjacent to an activating group) is 1. The largest absolute Gasteiger partial charge is 0.353 e. The third-order valence-corrected chi connectivity index (χ3v) is 5.42. The number of hydrogen-bond donors (Lipinski definition) is 3. The Morgan fingerprint density at radius 1 is 1.23 bits per heavy atom. The summed E-state index contributed by atoms with van der Waals surface area (Å²) in [4.78, 5) is 17.2. The van der Waals surface area contributed by atoms with Crippen LogP contribution in [0.3, 0.4) is 0 Å². The maximum Gasteiger partial charge on any atom is 0.263 e. The lowest BCUT2D eigenvalue weighted by atomic mass is 10.0. The van der Waals surface area contributed by atoms with E-state index in [1.165, 1.54) is 6.07 Å². The minimum absolute atomic E-state index is 0. The summed E-state index contributed by atoms with van der Waals surface area (Å²) in [6.07, 6.45) is 0.535. The number of halogens is 1. The monoisotopic (exact) mass is 402 g/mol. The molecule has 0 aromatic heterocycles. The first-order chi connectivity index (χ1) is 11.7. The summed E-state index contributed by atoms with van der Waals surface area (Å²) in [6, 6.07) is 6.14. The Bertz CT molecular complexity index is 765. The lowest BCUT2D eigenvalue weighted by Crippen LogP contribution is -2.42. The van der Waals surface area contributed by atoms with Gasteiger partial charge in [0, 0.05) is 18.2 Å². The molecule has 0 saturated heterocycles. The Labute approximate surface area is 161 Å². The molecule has 1 aliphatic heterocycles. The molecule has 2 unspecified atom stereocenters. The van der Waals surface area contributed by atoms with Gasteiger partial charge in [-0.3, -0.25) is 14.5 Å². The fourth-order valence-corrected chi connectivity index (χ4v) is 3.76. The molecule has 2 rings (SSSR count). The van der Waals surface area contributed by atoms with E-state index < -0.39 is 16.1 Å². The fraction of sp³-hybridized carbons (Fsp3) is 0.529. The third-order valence-electron chi connectivity index (χ3n) is 4.02. The number of nitrogens with one attached hydrogen (secondary N) is 3. The van der Waals surface area contributed by atoms with Gasteiger partial charge in [0.2, 0.25) is 5.91 Å². The lowest BCUT2D eigenvalue weighted by Gasteiger charge is -2.18. The molecule has 146 valence electrons. The number of hydrogen-bond acceptors (Lipinski definition) is 5. The van der Waals surface area contributed by atoms with Crippen LogP contribution in [0.15, 0.2) is 34.2 Å². The number of amidine groups is 1. The van der Waals surface area contributed by atoms with Crippen LogP contribution in [-0.4, -0.2) is 45.8 Å². The minimum Gasteiger partial charge on any atom is -0.353 e. The van der Waals surface area contributed by atoms with E-state index in [0.717, 1.165) is 0 Å². The van der Waals surface area contributed by atoms with E-state index in [2.05, 4.69) is 20.3 Å². The zero-order chi connectivity index (χ0) is 18.6. The summed E-state index contributed by atoms with van der Waals surface area (Å²) in [5.41, 5.74) is 0.507.